The number of ether oxygens (including phenoxy) is 1. The first-order valence-corrected chi connectivity index (χ1v) is 15.9. The molecule has 37 heavy (non-hydrogen) atoms. The van der Waals surface area contributed by atoms with E-state index < -0.39 is 13.9 Å². The first kappa shape index (κ1) is 33.8. The molecule has 0 aliphatic rings. The fourth-order valence-corrected chi connectivity index (χ4v) is 5.23. The van der Waals surface area contributed by atoms with Crippen LogP contribution >= 0.6 is 7.82 Å². The van der Waals surface area contributed by atoms with Gasteiger partial charge in [-0.25, -0.2) is 4.57 Å². The highest BCUT2D eigenvalue weighted by Gasteiger charge is 2.26. The second-order valence-corrected chi connectivity index (χ2v) is 11.6. The van der Waals surface area contributed by atoms with E-state index in [4.69, 9.17) is 19.5 Å². The van der Waals surface area contributed by atoms with Crippen LogP contribution in [0.2, 0.25) is 0 Å². The number of carbonyl (C=O) groups excluding carboxylic acids is 1. The number of hydrogen-bond acceptors (Lipinski definition) is 6. The van der Waals surface area contributed by atoms with Gasteiger partial charge in [-0.05, 0) is 49.8 Å². The Morgan fingerprint density at radius 3 is 2.11 bits per heavy atom. The summed E-state index contributed by atoms with van der Waals surface area (Å²) in [6.45, 7) is 6.60. The zero-order valence-electron chi connectivity index (χ0n) is 23.5. The van der Waals surface area contributed by atoms with Gasteiger partial charge in [-0.15, -0.1) is 0 Å². The topological polar surface area (TPSA) is 108 Å². The number of nitrogens with two attached hydrogens (primary N) is 1. The van der Waals surface area contributed by atoms with Gasteiger partial charge >= 0.3 is 7.82 Å². The van der Waals surface area contributed by atoms with Gasteiger partial charge in [0.05, 0.1) is 19.3 Å². The summed E-state index contributed by atoms with van der Waals surface area (Å²) in [6.07, 6.45) is 14.5. The summed E-state index contributed by atoms with van der Waals surface area (Å²) in [6, 6.07) is 7.86. The van der Waals surface area contributed by atoms with E-state index in [1.165, 1.54) is 57.8 Å². The number of unbranched alkanes of at least 4 members (excludes halogenated alkanes) is 9. The number of phosphoric ester groups is 1. The molecule has 7 nitrogen and oxygen atoms in total. The van der Waals surface area contributed by atoms with E-state index in [1.54, 1.807) is 6.92 Å². The molecule has 0 amide bonds. The van der Waals surface area contributed by atoms with E-state index in [2.05, 4.69) is 6.92 Å². The lowest BCUT2D eigenvalue weighted by Crippen LogP contribution is -2.21. The molecule has 0 aromatic heterocycles. The summed E-state index contributed by atoms with van der Waals surface area (Å²) >= 11 is 0. The maximum atomic E-state index is 12.3. The molecule has 214 valence electrons. The Morgan fingerprint density at radius 1 is 0.946 bits per heavy atom. The van der Waals surface area contributed by atoms with E-state index in [0.29, 0.717) is 19.4 Å². The fourth-order valence-electron chi connectivity index (χ4n) is 4.23. The van der Waals surface area contributed by atoms with Crippen molar-refractivity contribution in [3.05, 3.63) is 29.8 Å². The summed E-state index contributed by atoms with van der Waals surface area (Å²) in [5, 5.41) is 0. The van der Waals surface area contributed by atoms with Crippen molar-refractivity contribution in [1.29, 1.82) is 0 Å². The Hall–Kier alpha value is -1.24. The molecule has 8 heteroatoms. The Morgan fingerprint density at radius 2 is 1.54 bits per heavy atom. The van der Waals surface area contributed by atoms with Crippen LogP contribution in [-0.2, 0) is 24.8 Å². The van der Waals surface area contributed by atoms with Crippen LogP contribution in [0.15, 0.2) is 24.3 Å². The van der Waals surface area contributed by atoms with Crippen molar-refractivity contribution in [3.63, 3.8) is 0 Å². The summed E-state index contributed by atoms with van der Waals surface area (Å²) in [7, 11) is -4.23. The zero-order chi connectivity index (χ0) is 27.4. The highest BCUT2D eigenvalue weighted by atomic mass is 31.2. The van der Waals surface area contributed by atoms with Gasteiger partial charge in [-0.2, -0.15) is 0 Å². The highest BCUT2D eigenvalue weighted by molar-refractivity contribution is 7.47. The van der Waals surface area contributed by atoms with Crippen LogP contribution < -0.4 is 10.5 Å². The minimum Gasteiger partial charge on any atom is -0.494 e. The zero-order valence-corrected chi connectivity index (χ0v) is 24.4. The largest absolute Gasteiger partial charge is 0.494 e. The number of phosphoric acid groups is 1. The summed E-state index contributed by atoms with van der Waals surface area (Å²) in [4.78, 5) is 22.2. The van der Waals surface area contributed by atoms with Crippen LogP contribution in [0, 0.1) is 5.92 Å². The minimum absolute atomic E-state index is 0.0441. The van der Waals surface area contributed by atoms with Crippen molar-refractivity contribution in [2.75, 3.05) is 19.8 Å². The van der Waals surface area contributed by atoms with Gasteiger partial charge in [0.2, 0.25) is 0 Å². The van der Waals surface area contributed by atoms with Crippen LogP contribution in [0.1, 0.15) is 110 Å². The maximum absolute atomic E-state index is 12.3. The van der Waals surface area contributed by atoms with E-state index in [0.717, 1.165) is 24.2 Å². The molecule has 0 saturated heterocycles. The fraction of sp³-hybridized carbons (Fsp3) is 0.759. The average molecular weight is 542 g/mol. The number of hydrogen-bond donors (Lipinski definition) is 2. The third-order valence-corrected chi connectivity index (χ3v) is 7.48. The average Bonchev–Trinajstić information content (AvgIpc) is 2.86. The second-order valence-electron chi connectivity index (χ2n) is 10.2. The first-order chi connectivity index (χ1) is 17.8. The molecular formula is C29H52NO6P. The number of benzene rings is 1. The number of Topliss-reactive ketones (excluding diaryl/α,β-unsaturated/α-hetero) is 1. The lowest BCUT2D eigenvalue weighted by atomic mass is 9.94. The molecule has 0 radical (unpaired) electrons. The van der Waals surface area contributed by atoms with Gasteiger partial charge in [0.1, 0.15) is 11.5 Å². The van der Waals surface area contributed by atoms with Gasteiger partial charge in [0.15, 0.2) is 0 Å². The summed E-state index contributed by atoms with van der Waals surface area (Å²) in [5.74, 6) is 0.727. The van der Waals surface area contributed by atoms with Gasteiger partial charge in [-0.3, -0.25) is 13.8 Å². The quantitative estimate of drug-likeness (QED) is 0.104. The summed E-state index contributed by atoms with van der Waals surface area (Å²) < 4.78 is 28.3. The highest BCUT2D eigenvalue weighted by Crippen LogP contribution is 2.45. The molecule has 3 unspecified atom stereocenters. The molecule has 0 bridgehead atoms. The monoisotopic (exact) mass is 541 g/mol. The molecule has 1 aromatic carbocycles. The van der Waals surface area contributed by atoms with Crippen LogP contribution in [0.25, 0.3) is 0 Å². The van der Waals surface area contributed by atoms with Crippen molar-refractivity contribution in [1.82, 2.24) is 0 Å². The van der Waals surface area contributed by atoms with E-state index in [1.807, 2.05) is 31.2 Å². The molecule has 1 aromatic rings. The standard InChI is InChI=1S/C29H52NO6P/c1-4-6-7-8-9-10-11-12-13-14-20-34-29-18-16-26(17-19-29)21-27(22-28(31)15-5-2)24-35-37(32,33)36-25(3)23-30/h16-19,25,27H,4-15,20-24,30H2,1-3H3,(H,32,33). The lowest BCUT2D eigenvalue weighted by Gasteiger charge is -2.20. The van der Waals surface area contributed by atoms with Crippen LogP contribution in [0.3, 0.4) is 0 Å². The number of ketones is 1. The molecule has 0 heterocycles. The number of rotatable bonds is 24. The van der Waals surface area contributed by atoms with Crippen molar-refractivity contribution < 1.29 is 28.0 Å². The predicted molar refractivity (Wildman–Crippen MR) is 151 cm³/mol. The molecule has 3 N–H and O–H groups in total. The molecule has 0 aliphatic heterocycles. The van der Waals surface area contributed by atoms with Gasteiger partial charge < -0.3 is 15.4 Å². The van der Waals surface area contributed by atoms with Crippen molar-refractivity contribution >= 4 is 13.6 Å². The SMILES string of the molecule is CCCCCCCCCCCCOc1ccc(CC(COP(=O)(O)OC(C)CN)CC(=O)CCC)cc1. The molecule has 0 fully saturated rings. The number of carbonyl (C=O) groups is 1. The second kappa shape index (κ2) is 20.7. The molecule has 3 atom stereocenters. The Balaban J connectivity index is 2.42. The lowest BCUT2D eigenvalue weighted by molar-refractivity contribution is -0.120. The van der Waals surface area contributed by atoms with Crippen molar-refractivity contribution in [2.24, 2.45) is 11.7 Å². The van der Waals surface area contributed by atoms with Gasteiger partial charge in [-0.1, -0.05) is 83.8 Å². The van der Waals surface area contributed by atoms with Crippen molar-refractivity contribution in [3.8, 4) is 5.75 Å². The van der Waals surface area contributed by atoms with Crippen LogP contribution in [0.5, 0.6) is 5.75 Å². The summed E-state index contributed by atoms with van der Waals surface area (Å²) in [5.41, 5.74) is 6.48. The smallest absolute Gasteiger partial charge is 0.472 e. The first-order valence-electron chi connectivity index (χ1n) is 14.4. The van der Waals surface area contributed by atoms with E-state index in [-0.39, 0.29) is 31.3 Å². The van der Waals surface area contributed by atoms with Crippen LogP contribution in [0.4, 0.5) is 0 Å². The maximum Gasteiger partial charge on any atom is 0.472 e. The van der Waals surface area contributed by atoms with Crippen LogP contribution in [-0.4, -0.2) is 36.5 Å². The van der Waals surface area contributed by atoms with Gasteiger partial charge in [0.25, 0.3) is 0 Å². The van der Waals surface area contributed by atoms with E-state index in [9.17, 15) is 14.3 Å². The predicted octanol–water partition coefficient (Wildman–Crippen LogP) is 7.39. The van der Waals surface area contributed by atoms with Crippen molar-refractivity contribution in [2.45, 2.75) is 117 Å². The Bertz CT molecular complexity index is 757. The molecule has 1 rings (SSSR count). The Kier molecular flexibility index (Phi) is 18.9. The normalized spacial score (nSPS) is 14.7. The third-order valence-electron chi connectivity index (χ3n) is 6.38. The third kappa shape index (κ3) is 17.8. The Labute approximate surface area is 225 Å². The molecule has 0 saturated carbocycles. The van der Waals surface area contributed by atoms with Gasteiger partial charge in [0, 0.05) is 19.4 Å². The molecule has 0 spiro atoms. The van der Waals surface area contributed by atoms with E-state index >= 15 is 0 Å². The molecular weight excluding hydrogens is 489 g/mol. The minimum atomic E-state index is -4.23. The molecule has 0 aliphatic carbocycles.